The van der Waals surface area contributed by atoms with E-state index in [0.29, 0.717) is 19.1 Å². The SMILES string of the molecule is CC1CCCCN1C(=O)CN1CCN(CC(=O)Nc2ccc(C(C)(C)C)cc2)CC1. The molecule has 1 unspecified atom stereocenters. The molecule has 2 heterocycles. The number of piperazine rings is 1. The van der Waals surface area contributed by atoms with Gasteiger partial charge in [-0.25, -0.2) is 0 Å². The van der Waals surface area contributed by atoms with Crippen LogP contribution < -0.4 is 5.32 Å². The summed E-state index contributed by atoms with van der Waals surface area (Å²) in [7, 11) is 0. The van der Waals surface area contributed by atoms with Crippen LogP contribution in [0.2, 0.25) is 0 Å². The van der Waals surface area contributed by atoms with Crippen molar-refractivity contribution in [3.8, 4) is 0 Å². The van der Waals surface area contributed by atoms with Crippen LogP contribution >= 0.6 is 0 Å². The van der Waals surface area contributed by atoms with Gasteiger partial charge in [0.15, 0.2) is 0 Å². The van der Waals surface area contributed by atoms with Crippen molar-refractivity contribution in [3.05, 3.63) is 29.8 Å². The van der Waals surface area contributed by atoms with E-state index in [0.717, 1.165) is 51.3 Å². The van der Waals surface area contributed by atoms with Gasteiger partial charge in [0.05, 0.1) is 13.1 Å². The minimum Gasteiger partial charge on any atom is -0.339 e. The molecule has 2 fully saturated rings. The molecular weight excluding hydrogens is 376 g/mol. The number of piperidine rings is 1. The highest BCUT2D eigenvalue weighted by Crippen LogP contribution is 2.23. The number of anilines is 1. The molecule has 1 N–H and O–H groups in total. The van der Waals surface area contributed by atoms with Gasteiger partial charge in [-0.05, 0) is 49.3 Å². The predicted molar refractivity (Wildman–Crippen MR) is 122 cm³/mol. The van der Waals surface area contributed by atoms with E-state index in [1.165, 1.54) is 12.0 Å². The highest BCUT2D eigenvalue weighted by molar-refractivity contribution is 5.92. The Morgan fingerprint density at radius 3 is 2.10 bits per heavy atom. The Bertz CT molecular complexity index is 718. The fraction of sp³-hybridized carbons (Fsp3) is 0.667. The van der Waals surface area contributed by atoms with Crippen LogP contribution in [0.4, 0.5) is 5.69 Å². The van der Waals surface area contributed by atoms with Crippen molar-refractivity contribution in [2.75, 3.05) is 51.1 Å². The molecule has 0 aliphatic carbocycles. The Hall–Kier alpha value is -1.92. The molecule has 0 saturated carbocycles. The van der Waals surface area contributed by atoms with Crippen LogP contribution in [0.1, 0.15) is 52.5 Å². The minimum atomic E-state index is 0.0187. The van der Waals surface area contributed by atoms with Gasteiger partial charge in [0.2, 0.25) is 11.8 Å². The smallest absolute Gasteiger partial charge is 0.238 e. The average Bonchev–Trinajstić information content (AvgIpc) is 2.69. The van der Waals surface area contributed by atoms with Crippen LogP contribution in [0.3, 0.4) is 0 Å². The third kappa shape index (κ3) is 6.29. The molecule has 30 heavy (non-hydrogen) atoms. The lowest BCUT2D eigenvalue weighted by molar-refractivity contribution is -0.136. The van der Waals surface area contributed by atoms with Gasteiger partial charge in [0.25, 0.3) is 0 Å². The van der Waals surface area contributed by atoms with Crippen LogP contribution in [0.25, 0.3) is 0 Å². The monoisotopic (exact) mass is 414 g/mol. The maximum absolute atomic E-state index is 12.6. The van der Waals surface area contributed by atoms with Crippen LogP contribution in [0.5, 0.6) is 0 Å². The van der Waals surface area contributed by atoms with E-state index in [-0.39, 0.29) is 17.2 Å². The zero-order valence-corrected chi connectivity index (χ0v) is 19.1. The van der Waals surface area contributed by atoms with Crippen molar-refractivity contribution >= 4 is 17.5 Å². The first kappa shape index (κ1) is 22.8. The van der Waals surface area contributed by atoms with Crippen molar-refractivity contribution in [2.45, 2.75) is 58.4 Å². The van der Waals surface area contributed by atoms with Crippen LogP contribution in [-0.2, 0) is 15.0 Å². The van der Waals surface area contributed by atoms with Crippen LogP contribution in [-0.4, -0.2) is 78.4 Å². The van der Waals surface area contributed by atoms with Gasteiger partial charge in [0.1, 0.15) is 0 Å². The summed E-state index contributed by atoms with van der Waals surface area (Å²) in [4.78, 5) is 31.5. The predicted octanol–water partition coefficient (Wildman–Crippen LogP) is 2.94. The van der Waals surface area contributed by atoms with Gasteiger partial charge in [-0.2, -0.15) is 0 Å². The van der Waals surface area contributed by atoms with Gasteiger partial charge in [-0.1, -0.05) is 32.9 Å². The highest BCUT2D eigenvalue weighted by Gasteiger charge is 2.26. The Morgan fingerprint density at radius 2 is 1.53 bits per heavy atom. The Morgan fingerprint density at radius 1 is 0.933 bits per heavy atom. The number of carbonyl (C=O) groups excluding carboxylic acids is 2. The molecule has 1 aromatic rings. The normalized spacial score (nSPS) is 21.5. The van der Waals surface area contributed by atoms with Crippen LogP contribution in [0, 0.1) is 0 Å². The number of carbonyl (C=O) groups is 2. The number of nitrogens with one attached hydrogen (secondary N) is 1. The summed E-state index contributed by atoms with van der Waals surface area (Å²) in [5, 5.41) is 3.00. The molecule has 2 aliphatic heterocycles. The molecule has 2 saturated heterocycles. The minimum absolute atomic E-state index is 0.0187. The van der Waals surface area contributed by atoms with Gasteiger partial charge in [-0.15, -0.1) is 0 Å². The summed E-state index contributed by atoms with van der Waals surface area (Å²) in [6, 6.07) is 8.48. The lowest BCUT2D eigenvalue weighted by Crippen LogP contribution is -2.53. The summed E-state index contributed by atoms with van der Waals surface area (Å²) >= 11 is 0. The fourth-order valence-corrected chi connectivity index (χ4v) is 4.31. The van der Waals surface area contributed by atoms with Gasteiger partial charge in [-0.3, -0.25) is 19.4 Å². The Kier molecular flexibility index (Phi) is 7.53. The lowest BCUT2D eigenvalue weighted by atomic mass is 9.87. The summed E-state index contributed by atoms with van der Waals surface area (Å²) < 4.78 is 0. The van der Waals surface area contributed by atoms with Gasteiger partial charge in [0, 0.05) is 44.5 Å². The van der Waals surface area contributed by atoms with Gasteiger partial charge < -0.3 is 10.2 Å². The number of rotatable bonds is 5. The van der Waals surface area contributed by atoms with Gasteiger partial charge >= 0.3 is 0 Å². The van der Waals surface area contributed by atoms with E-state index >= 15 is 0 Å². The van der Waals surface area contributed by atoms with E-state index in [9.17, 15) is 9.59 Å². The van der Waals surface area contributed by atoms with E-state index in [4.69, 9.17) is 0 Å². The van der Waals surface area contributed by atoms with Crippen molar-refractivity contribution in [2.24, 2.45) is 0 Å². The average molecular weight is 415 g/mol. The topological polar surface area (TPSA) is 55.9 Å². The van der Waals surface area contributed by atoms with Crippen molar-refractivity contribution < 1.29 is 9.59 Å². The second-order valence-electron chi connectivity index (χ2n) is 9.86. The number of amides is 2. The highest BCUT2D eigenvalue weighted by atomic mass is 16.2. The van der Waals surface area contributed by atoms with E-state index in [1.54, 1.807) is 0 Å². The fourth-order valence-electron chi connectivity index (χ4n) is 4.31. The Balaban J connectivity index is 1.40. The third-order valence-corrected chi connectivity index (χ3v) is 6.35. The first-order valence-corrected chi connectivity index (χ1v) is 11.4. The number of hydrogen-bond acceptors (Lipinski definition) is 4. The molecule has 6 heteroatoms. The molecule has 0 aromatic heterocycles. The summed E-state index contributed by atoms with van der Waals surface area (Å²) in [6.07, 6.45) is 3.47. The molecular formula is C24H38N4O2. The largest absolute Gasteiger partial charge is 0.339 e. The molecule has 1 atom stereocenters. The summed E-state index contributed by atoms with van der Waals surface area (Å²) in [5.41, 5.74) is 2.20. The molecule has 0 bridgehead atoms. The summed E-state index contributed by atoms with van der Waals surface area (Å²) in [6.45, 7) is 13.8. The zero-order chi connectivity index (χ0) is 21.7. The molecule has 3 rings (SSSR count). The lowest BCUT2D eigenvalue weighted by Gasteiger charge is -2.37. The second-order valence-corrected chi connectivity index (χ2v) is 9.86. The number of nitrogens with zero attached hydrogens (tertiary/aromatic N) is 3. The van der Waals surface area contributed by atoms with E-state index in [2.05, 4.69) is 54.9 Å². The maximum Gasteiger partial charge on any atom is 0.238 e. The van der Waals surface area contributed by atoms with Crippen molar-refractivity contribution in [3.63, 3.8) is 0 Å². The quantitative estimate of drug-likeness (QED) is 0.805. The molecule has 6 nitrogen and oxygen atoms in total. The number of hydrogen-bond donors (Lipinski definition) is 1. The second kappa shape index (κ2) is 9.92. The molecule has 2 amide bonds. The van der Waals surface area contributed by atoms with E-state index < -0.39 is 0 Å². The molecule has 2 aliphatic rings. The molecule has 0 spiro atoms. The summed E-state index contributed by atoms with van der Waals surface area (Å²) in [5.74, 6) is 0.275. The third-order valence-electron chi connectivity index (χ3n) is 6.35. The first-order valence-electron chi connectivity index (χ1n) is 11.4. The standard InChI is InChI=1S/C24H38N4O2/c1-19-7-5-6-12-28(19)23(30)18-27-15-13-26(14-16-27)17-22(29)25-21-10-8-20(9-11-21)24(2,3)4/h8-11,19H,5-7,12-18H2,1-4H3,(H,25,29). The number of likely N-dealkylation sites (tertiary alicyclic amines) is 1. The first-order chi connectivity index (χ1) is 14.2. The maximum atomic E-state index is 12.6. The van der Waals surface area contributed by atoms with Crippen molar-refractivity contribution in [1.29, 1.82) is 0 Å². The molecule has 166 valence electrons. The number of benzene rings is 1. The van der Waals surface area contributed by atoms with Crippen molar-refractivity contribution in [1.82, 2.24) is 14.7 Å². The zero-order valence-electron chi connectivity index (χ0n) is 19.1. The molecule has 0 radical (unpaired) electrons. The van der Waals surface area contributed by atoms with E-state index in [1.807, 2.05) is 17.0 Å². The Labute approximate surface area is 181 Å². The molecule has 1 aromatic carbocycles. The van der Waals surface area contributed by atoms with Crippen LogP contribution in [0.15, 0.2) is 24.3 Å².